The zero-order valence-corrected chi connectivity index (χ0v) is 4.45. The van der Waals surface area contributed by atoms with E-state index in [4.69, 9.17) is 10.5 Å². The maximum Gasteiger partial charge on any atom is 1.00 e. The van der Waals surface area contributed by atoms with Crippen LogP contribution in [0.2, 0.25) is 0 Å². The van der Waals surface area contributed by atoms with Crippen molar-refractivity contribution in [2.24, 2.45) is 0 Å². The van der Waals surface area contributed by atoms with E-state index in [-0.39, 0.29) is 35.9 Å². The van der Waals surface area contributed by atoms with E-state index in [9.17, 15) is 0 Å². The zero-order valence-electron chi connectivity index (χ0n) is 2.71. The Labute approximate surface area is 47.2 Å². The second-order valence-corrected chi connectivity index (χ2v) is 0. The maximum atomic E-state index is 7.25. The second kappa shape index (κ2) is 8040. The van der Waals surface area contributed by atoms with Crippen LogP contribution in [0.1, 0.15) is 0 Å². The van der Waals surface area contributed by atoms with Gasteiger partial charge in [0.15, 0.2) is 0 Å². The summed E-state index contributed by atoms with van der Waals surface area (Å²) in [6, 6.07) is 0. The van der Waals surface area contributed by atoms with Crippen LogP contribution in [0.15, 0.2) is 0 Å². The van der Waals surface area contributed by atoms with Crippen LogP contribution in [0.4, 0.5) is 0 Å². The summed E-state index contributed by atoms with van der Waals surface area (Å²) in [4.78, 5) is 7.25. The Bertz CT molecular complexity index is 7.51. The van der Waals surface area contributed by atoms with Gasteiger partial charge in [0.05, 0.1) is 0 Å². The Morgan fingerprint density at radius 3 is 0.833 bits per heavy atom. The monoisotopic (exact) mass is 186 g/mol. The van der Waals surface area contributed by atoms with Crippen molar-refractivity contribution in [1.82, 2.24) is 0 Å². The first kappa shape index (κ1) is 131. The smallest absolute Gasteiger partial charge is 0.577 e. The van der Waals surface area contributed by atoms with E-state index in [0.717, 1.165) is 0 Å². The quantitative estimate of drug-likeness (QED) is 0.390. The first-order valence-electron chi connectivity index (χ1n) is 0.183. The molecule has 0 atom stereocenters. The number of rotatable bonds is 0. The fraction of sp³-hybridized carbons (Fsp3) is 0. The third kappa shape index (κ3) is 3700. The molecule has 5 nitrogen and oxygen atoms in total. The fourth-order valence-electron chi connectivity index (χ4n) is 0. The molecule has 0 amide bonds. The second-order valence-electron chi connectivity index (χ2n) is 0. The van der Waals surface area contributed by atoms with E-state index in [1.807, 2.05) is 0 Å². The average molecular weight is 185 g/mol. The predicted octanol–water partition coefficient (Wildman–Crippen LogP) is -2.15. The van der Waals surface area contributed by atoms with E-state index < -0.39 is 0 Å². The van der Waals surface area contributed by atoms with Gasteiger partial charge in [0.1, 0.15) is 0 Å². The molecule has 1 radical (unpaired) electrons. The van der Waals surface area contributed by atoms with Crippen LogP contribution in [0.5, 0.6) is 0 Å². The molecule has 0 aliphatic rings. The van der Waals surface area contributed by atoms with Crippen molar-refractivity contribution in [1.29, 1.82) is 0 Å². The largest absolute Gasteiger partial charge is 1.00 e. The molecule has 0 aromatic rings. The summed E-state index contributed by atoms with van der Waals surface area (Å²) < 4.78 is 0. The van der Waals surface area contributed by atoms with Crippen LogP contribution in [-0.4, -0.2) is 16.4 Å². The van der Waals surface area contributed by atoms with E-state index in [1.54, 1.807) is 0 Å². The summed E-state index contributed by atoms with van der Waals surface area (Å²) >= 11 is 0. The third-order valence-corrected chi connectivity index (χ3v) is 0. The van der Waals surface area contributed by atoms with Crippen molar-refractivity contribution >= 4 is 0 Å². The molecule has 43 valence electrons. The standard InChI is InChI=1S/NO.3H2O.Ru/c1-2;;;;/h;3*1H2;/q-1;;;;+1. The van der Waals surface area contributed by atoms with Crippen molar-refractivity contribution in [3.8, 4) is 0 Å². The molecule has 0 aromatic heterocycles. The molecule has 0 aliphatic carbocycles. The van der Waals surface area contributed by atoms with Crippen molar-refractivity contribution in [2.45, 2.75) is 0 Å². The van der Waals surface area contributed by atoms with Crippen molar-refractivity contribution in [2.75, 3.05) is 0 Å². The van der Waals surface area contributed by atoms with Crippen LogP contribution in [0.3, 0.4) is 0 Å². The predicted molar refractivity (Wildman–Crippen MR) is 17.6 cm³/mol. The minimum atomic E-state index is 0. The normalized spacial score (nSPS) is 0.667. The molecular formula is H6NO4Ru. The van der Waals surface area contributed by atoms with Crippen molar-refractivity contribution in [3.63, 3.8) is 0 Å². The minimum absolute atomic E-state index is 0. The Morgan fingerprint density at radius 1 is 0.833 bits per heavy atom. The molecule has 6 N–H and O–H groups in total. The number of nitrogens with zero attached hydrogens (tertiary/aromatic N) is 1. The summed E-state index contributed by atoms with van der Waals surface area (Å²) in [5.74, 6) is 0. The maximum absolute atomic E-state index is 7.25. The van der Waals surface area contributed by atoms with Gasteiger partial charge in [-0.2, -0.15) is 0 Å². The van der Waals surface area contributed by atoms with Crippen LogP contribution < -0.4 is 0 Å². The molecule has 0 saturated heterocycles. The SMILES string of the molecule is O.O.O.[N-]=O.[Ru+]. The molecule has 6 heavy (non-hydrogen) atoms. The van der Waals surface area contributed by atoms with Gasteiger partial charge in [-0.3, -0.25) is 0 Å². The van der Waals surface area contributed by atoms with E-state index >= 15 is 0 Å². The topological polar surface area (TPSA) is 134 Å². The van der Waals surface area contributed by atoms with Gasteiger partial charge >= 0.3 is 19.5 Å². The Kier molecular flexibility index (Phi) is 175000. The molecule has 0 aromatic carbocycles. The Hall–Kier alpha value is 0.103. The summed E-state index contributed by atoms with van der Waals surface area (Å²) in [5.41, 5.74) is 5.75. The van der Waals surface area contributed by atoms with E-state index in [1.165, 1.54) is 0 Å². The molecule has 0 unspecified atom stereocenters. The van der Waals surface area contributed by atoms with Gasteiger partial charge in [-0.1, -0.05) is 0 Å². The molecule has 0 bridgehead atoms. The van der Waals surface area contributed by atoms with Gasteiger partial charge in [-0.25, -0.2) is 0 Å². The van der Waals surface area contributed by atoms with Gasteiger partial charge in [-0.15, -0.1) is 0 Å². The first-order valence-corrected chi connectivity index (χ1v) is 0.183. The fourth-order valence-corrected chi connectivity index (χ4v) is 0. The third-order valence-electron chi connectivity index (χ3n) is 0. The Morgan fingerprint density at radius 2 is 0.833 bits per heavy atom. The van der Waals surface area contributed by atoms with Crippen LogP contribution in [0, 0.1) is 4.91 Å². The number of nitroso groups, excluding NO2 is 1. The van der Waals surface area contributed by atoms with Crippen LogP contribution in [-0.2, 0) is 19.5 Å². The van der Waals surface area contributed by atoms with Gasteiger partial charge < -0.3 is 26.9 Å². The van der Waals surface area contributed by atoms with Gasteiger partial charge in [0.25, 0.3) is 0 Å². The van der Waals surface area contributed by atoms with E-state index in [0.29, 0.717) is 0 Å². The molecule has 0 rings (SSSR count). The van der Waals surface area contributed by atoms with Gasteiger partial charge in [-0.05, 0) is 0 Å². The van der Waals surface area contributed by atoms with Gasteiger partial charge in [0.2, 0.25) is 0 Å². The molecule has 0 aliphatic heterocycles. The summed E-state index contributed by atoms with van der Waals surface area (Å²) in [5, 5.41) is 0. The molecule has 0 spiro atoms. The molecule has 6 heteroatoms. The first-order chi connectivity index (χ1) is 1.00. The number of hydrogen-bond acceptors (Lipinski definition) is 1. The van der Waals surface area contributed by atoms with Crippen LogP contribution >= 0.6 is 0 Å². The Balaban J connectivity index is -0.000000000833. The van der Waals surface area contributed by atoms with Crippen molar-refractivity contribution < 1.29 is 35.9 Å². The molecular weight excluding hydrogens is 179 g/mol. The van der Waals surface area contributed by atoms with Crippen molar-refractivity contribution in [3.05, 3.63) is 10.5 Å². The zero-order chi connectivity index (χ0) is 2.00. The van der Waals surface area contributed by atoms with E-state index in [2.05, 4.69) is 0 Å². The molecule has 0 saturated carbocycles. The van der Waals surface area contributed by atoms with Crippen LogP contribution in [0.25, 0.3) is 5.59 Å². The molecule has 0 heterocycles. The average Bonchev–Trinajstić information content (AvgIpc) is 1.00. The number of hydrogen-bond donors (Lipinski definition) is 0. The minimum Gasteiger partial charge on any atom is -0.577 e. The summed E-state index contributed by atoms with van der Waals surface area (Å²) in [6.07, 6.45) is 0. The summed E-state index contributed by atoms with van der Waals surface area (Å²) in [6.45, 7) is 0. The van der Waals surface area contributed by atoms with Gasteiger partial charge in [0, 0.05) is 0 Å². The molecule has 0 fully saturated rings. The summed E-state index contributed by atoms with van der Waals surface area (Å²) in [7, 11) is 0.